The average molecular weight is 514 g/mol. The molecule has 1 aliphatic heterocycles. The normalized spacial score (nSPS) is 18.2. The molecule has 36 heavy (non-hydrogen) atoms. The molecule has 0 saturated carbocycles. The molecule has 1 fully saturated rings. The van der Waals surface area contributed by atoms with Gasteiger partial charge in [-0.25, -0.2) is 4.39 Å². The summed E-state index contributed by atoms with van der Waals surface area (Å²) in [4.78, 5) is 8.66. The van der Waals surface area contributed by atoms with Crippen molar-refractivity contribution in [1.29, 1.82) is 0 Å². The van der Waals surface area contributed by atoms with Crippen LogP contribution in [0.25, 0.3) is 0 Å². The number of ether oxygens (including phenoxy) is 1. The molecule has 0 amide bonds. The fourth-order valence-electron chi connectivity index (χ4n) is 4.64. The van der Waals surface area contributed by atoms with Crippen molar-refractivity contribution in [2.24, 2.45) is 0 Å². The molecule has 192 valence electrons. The molecule has 3 aromatic rings. The summed E-state index contributed by atoms with van der Waals surface area (Å²) in [7, 11) is 0. The van der Waals surface area contributed by atoms with Crippen molar-refractivity contribution in [3.05, 3.63) is 88.5 Å². The van der Waals surface area contributed by atoms with E-state index in [-0.39, 0.29) is 18.5 Å². The maximum Gasteiger partial charge on any atom is 0.123 e. The summed E-state index contributed by atoms with van der Waals surface area (Å²) in [5.41, 5.74) is 1.97. The van der Waals surface area contributed by atoms with E-state index in [0.29, 0.717) is 49.1 Å². The fourth-order valence-corrected chi connectivity index (χ4v) is 4.91. The van der Waals surface area contributed by atoms with E-state index in [0.717, 1.165) is 23.4 Å². The van der Waals surface area contributed by atoms with Gasteiger partial charge < -0.3 is 19.8 Å². The summed E-state index contributed by atoms with van der Waals surface area (Å²) in [6.07, 6.45) is 2.53. The molecule has 2 N–H and O–H groups in total. The lowest BCUT2D eigenvalue weighted by molar-refractivity contribution is 0.00997. The molecule has 4 rings (SSSR count). The van der Waals surface area contributed by atoms with Gasteiger partial charge in [-0.2, -0.15) is 0 Å². The van der Waals surface area contributed by atoms with Crippen LogP contribution in [0.1, 0.15) is 43.1 Å². The highest BCUT2D eigenvalue weighted by Crippen LogP contribution is 2.38. The molecule has 0 aliphatic carbocycles. The molecule has 0 bridgehead atoms. The first kappa shape index (κ1) is 26.4. The third-order valence-corrected chi connectivity index (χ3v) is 6.86. The monoisotopic (exact) mass is 513 g/mol. The van der Waals surface area contributed by atoms with Crippen LogP contribution in [-0.4, -0.2) is 52.9 Å². The van der Waals surface area contributed by atoms with E-state index in [1.54, 1.807) is 37.4 Å². The summed E-state index contributed by atoms with van der Waals surface area (Å²) in [6.45, 7) is 6.72. The molecule has 1 aromatic heterocycles. The molecule has 0 spiro atoms. The minimum absolute atomic E-state index is 0.0926. The maximum absolute atomic E-state index is 13.7. The van der Waals surface area contributed by atoms with Crippen LogP contribution >= 0.6 is 11.6 Å². The zero-order valence-corrected chi connectivity index (χ0v) is 21.5. The minimum atomic E-state index is -1.13. The topological polar surface area (TPSA) is 69.1 Å². The van der Waals surface area contributed by atoms with E-state index in [2.05, 4.69) is 21.7 Å². The number of aliphatic hydroxyl groups excluding tert-OH is 1. The summed E-state index contributed by atoms with van der Waals surface area (Å²) < 4.78 is 19.4. The number of anilines is 1. The van der Waals surface area contributed by atoms with Crippen molar-refractivity contribution in [3.8, 4) is 5.75 Å². The largest absolute Gasteiger partial charge is 0.494 e. The molecule has 8 heteroatoms. The minimum Gasteiger partial charge on any atom is -0.494 e. The number of β-amino-alcohol motifs (C(OH)–C–C–N with tert-alkyl or cyclic N) is 1. The van der Waals surface area contributed by atoms with Crippen LogP contribution in [-0.2, 0) is 12.2 Å². The third kappa shape index (κ3) is 6.16. The Bertz CT molecular complexity index is 1140. The Balaban J connectivity index is 1.57. The molecule has 0 unspecified atom stereocenters. The van der Waals surface area contributed by atoms with Gasteiger partial charge in [-0.1, -0.05) is 36.7 Å². The first-order valence-corrected chi connectivity index (χ1v) is 12.6. The molecule has 1 saturated heterocycles. The van der Waals surface area contributed by atoms with Crippen molar-refractivity contribution < 1.29 is 19.3 Å². The lowest BCUT2D eigenvalue weighted by Crippen LogP contribution is -2.52. The average Bonchev–Trinajstić information content (AvgIpc) is 2.88. The van der Waals surface area contributed by atoms with Crippen molar-refractivity contribution in [2.75, 3.05) is 37.7 Å². The van der Waals surface area contributed by atoms with Gasteiger partial charge in [-0.15, -0.1) is 0 Å². The van der Waals surface area contributed by atoms with Crippen molar-refractivity contribution in [3.63, 3.8) is 0 Å². The number of benzene rings is 2. The van der Waals surface area contributed by atoms with Gasteiger partial charge in [0, 0.05) is 44.0 Å². The van der Waals surface area contributed by atoms with Crippen LogP contribution in [0.2, 0.25) is 5.02 Å². The summed E-state index contributed by atoms with van der Waals surface area (Å²) in [5, 5.41) is 21.1. The lowest BCUT2D eigenvalue weighted by atomic mass is 9.94. The highest BCUT2D eigenvalue weighted by molar-refractivity contribution is 6.33. The Morgan fingerprint density at radius 1 is 1.14 bits per heavy atom. The summed E-state index contributed by atoms with van der Waals surface area (Å²) >= 11 is 6.71. The SMILES string of the molecule is CCCOc1ccc(N2CCN(C[C@@](C)(O)c3ccc(CO)nc3)C[C@H]2c2ccc(F)cc2)c(Cl)c1. The Kier molecular flexibility index (Phi) is 8.46. The van der Waals surface area contributed by atoms with Gasteiger partial charge in [0.1, 0.15) is 17.2 Å². The first-order valence-electron chi connectivity index (χ1n) is 12.3. The molecule has 2 atom stereocenters. The zero-order valence-electron chi connectivity index (χ0n) is 20.7. The van der Waals surface area contributed by atoms with Gasteiger partial charge in [0.2, 0.25) is 0 Å². The van der Waals surface area contributed by atoms with Gasteiger partial charge in [-0.05, 0) is 49.2 Å². The molecule has 2 aromatic carbocycles. The predicted octanol–water partition coefficient (Wildman–Crippen LogP) is 4.93. The Hall–Kier alpha value is -2.71. The van der Waals surface area contributed by atoms with Crippen LogP contribution in [0.4, 0.5) is 10.1 Å². The molecule has 1 aliphatic rings. The first-order chi connectivity index (χ1) is 17.3. The van der Waals surface area contributed by atoms with Crippen LogP contribution in [0.15, 0.2) is 60.8 Å². The van der Waals surface area contributed by atoms with Gasteiger partial charge in [0.15, 0.2) is 0 Å². The van der Waals surface area contributed by atoms with Gasteiger partial charge in [-0.3, -0.25) is 9.88 Å². The Labute approximate surface area is 216 Å². The second-order valence-electron chi connectivity index (χ2n) is 9.43. The maximum atomic E-state index is 13.7. The second kappa shape index (κ2) is 11.6. The van der Waals surface area contributed by atoms with Crippen molar-refractivity contribution >= 4 is 17.3 Å². The van der Waals surface area contributed by atoms with Crippen LogP contribution in [0.5, 0.6) is 5.75 Å². The summed E-state index contributed by atoms with van der Waals surface area (Å²) in [5.74, 6) is 0.453. The highest BCUT2D eigenvalue weighted by atomic mass is 35.5. The quantitative estimate of drug-likeness (QED) is 0.423. The highest BCUT2D eigenvalue weighted by Gasteiger charge is 2.34. The van der Waals surface area contributed by atoms with Crippen LogP contribution in [0, 0.1) is 5.82 Å². The molecule has 6 nitrogen and oxygen atoms in total. The van der Waals surface area contributed by atoms with E-state index >= 15 is 0 Å². The third-order valence-electron chi connectivity index (χ3n) is 6.56. The standard InChI is InChI=1S/C28H33ClFN3O3/c1-3-14-36-24-10-11-26(25(29)15-24)33-13-12-32(17-27(33)20-4-7-22(30)8-5-20)19-28(2,35)21-6-9-23(18-34)31-16-21/h4-11,15-16,27,34-35H,3,12-14,17-19H2,1-2H3/t27-,28+/m0/s1. The van der Waals surface area contributed by atoms with E-state index in [9.17, 15) is 14.6 Å². The number of hydrogen-bond acceptors (Lipinski definition) is 6. The van der Waals surface area contributed by atoms with E-state index in [4.69, 9.17) is 16.3 Å². The number of nitrogens with zero attached hydrogens (tertiary/aromatic N) is 3. The number of hydrogen-bond donors (Lipinski definition) is 2. The van der Waals surface area contributed by atoms with Crippen molar-refractivity contribution in [1.82, 2.24) is 9.88 Å². The number of pyridine rings is 1. The second-order valence-corrected chi connectivity index (χ2v) is 9.83. The van der Waals surface area contributed by atoms with E-state index in [1.165, 1.54) is 12.1 Å². The van der Waals surface area contributed by atoms with Gasteiger partial charge in [0.05, 0.1) is 35.7 Å². The molecular formula is C28H33ClFN3O3. The summed E-state index contributed by atoms with van der Waals surface area (Å²) in [6, 6.07) is 15.7. The lowest BCUT2D eigenvalue weighted by Gasteiger charge is -2.45. The zero-order chi connectivity index (χ0) is 25.7. The Morgan fingerprint density at radius 2 is 1.92 bits per heavy atom. The number of rotatable bonds is 9. The number of aliphatic hydroxyl groups is 2. The van der Waals surface area contributed by atoms with E-state index < -0.39 is 5.60 Å². The predicted molar refractivity (Wildman–Crippen MR) is 140 cm³/mol. The Morgan fingerprint density at radius 3 is 2.56 bits per heavy atom. The smallest absolute Gasteiger partial charge is 0.123 e. The number of piperazine rings is 1. The number of halogens is 2. The fraction of sp³-hybridized carbons (Fsp3) is 0.393. The van der Waals surface area contributed by atoms with Crippen molar-refractivity contribution in [2.45, 2.75) is 38.5 Å². The number of aromatic nitrogens is 1. The molecule has 0 radical (unpaired) electrons. The molecule has 2 heterocycles. The van der Waals surface area contributed by atoms with E-state index in [1.807, 2.05) is 18.2 Å². The molecular weight excluding hydrogens is 481 g/mol. The van der Waals surface area contributed by atoms with Gasteiger partial charge in [0.25, 0.3) is 0 Å². The van der Waals surface area contributed by atoms with Gasteiger partial charge >= 0.3 is 0 Å². The van der Waals surface area contributed by atoms with Crippen LogP contribution < -0.4 is 9.64 Å². The van der Waals surface area contributed by atoms with Crippen LogP contribution in [0.3, 0.4) is 0 Å².